The van der Waals surface area contributed by atoms with Crippen LogP contribution in [0.15, 0.2) is 53.5 Å². The predicted octanol–water partition coefficient (Wildman–Crippen LogP) is 3.47. The van der Waals surface area contributed by atoms with Gasteiger partial charge in [0.2, 0.25) is 5.91 Å². The number of nitrogens with zero attached hydrogens (tertiary/aromatic N) is 4. The molecular formula is C27H31FN4O3. The van der Waals surface area contributed by atoms with Gasteiger partial charge in [-0.15, -0.1) is 0 Å². The highest BCUT2D eigenvalue weighted by Gasteiger charge is 2.48. The first-order chi connectivity index (χ1) is 17.0. The quantitative estimate of drug-likeness (QED) is 0.660. The molecule has 35 heavy (non-hydrogen) atoms. The Morgan fingerprint density at radius 3 is 2.34 bits per heavy atom. The van der Waals surface area contributed by atoms with Gasteiger partial charge < -0.3 is 19.4 Å². The van der Waals surface area contributed by atoms with Crippen LogP contribution in [0.25, 0.3) is 0 Å². The largest absolute Gasteiger partial charge is 0.497 e. The number of benzene rings is 2. The summed E-state index contributed by atoms with van der Waals surface area (Å²) in [5.41, 5.74) is 1.09. The van der Waals surface area contributed by atoms with E-state index in [4.69, 9.17) is 9.73 Å². The van der Waals surface area contributed by atoms with E-state index in [0.717, 1.165) is 37.7 Å². The number of amides is 2. The molecule has 5 rings (SSSR count). The predicted molar refractivity (Wildman–Crippen MR) is 132 cm³/mol. The van der Waals surface area contributed by atoms with E-state index in [2.05, 4.69) is 0 Å². The van der Waals surface area contributed by atoms with Gasteiger partial charge in [0.05, 0.1) is 12.8 Å². The van der Waals surface area contributed by atoms with Crippen molar-refractivity contribution in [3.63, 3.8) is 0 Å². The maximum Gasteiger partial charge on any atom is 0.275 e. The molecule has 1 saturated heterocycles. The van der Waals surface area contributed by atoms with E-state index in [1.165, 1.54) is 6.07 Å². The van der Waals surface area contributed by atoms with Crippen molar-refractivity contribution < 1.29 is 18.7 Å². The van der Waals surface area contributed by atoms with Gasteiger partial charge in [-0.25, -0.2) is 4.39 Å². The number of halogens is 1. The van der Waals surface area contributed by atoms with Crippen LogP contribution < -0.4 is 9.64 Å². The monoisotopic (exact) mass is 478 g/mol. The Morgan fingerprint density at radius 1 is 1.00 bits per heavy atom. The van der Waals surface area contributed by atoms with Crippen LogP contribution in [-0.4, -0.2) is 72.8 Å². The minimum absolute atomic E-state index is 0.0156. The van der Waals surface area contributed by atoms with E-state index < -0.39 is 5.66 Å². The molecule has 1 saturated carbocycles. The topological polar surface area (TPSA) is 65.5 Å². The summed E-state index contributed by atoms with van der Waals surface area (Å²) in [5.74, 6) is 0.198. The zero-order chi connectivity index (χ0) is 24.4. The third-order valence-corrected chi connectivity index (χ3v) is 7.41. The van der Waals surface area contributed by atoms with Gasteiger partial charge in [-0.05, 0) is 62.1 Å². The molecule has 2 fully saturated rings. The van der Waals surface area contributed by atoms with Crippen LogP contribution in [0, 0.1) is 5.82 Å². The van der Waals surface area contributed by atoms with E-state index in [1.54, 1.807) is 29.0 Å². The molecule has 0 N–H and O–H groups in total. The second-order valence-corrected chi connectivity index (χ2v) is 9.44. The smallest absolute Gasteiger partial charge is 0.275 e. The number of rotatable bonds is 5. The van der Waals surface area contributed by atoms with Gasteiger partial charge in [0.15, 0.2) is 0 Å². The Balaban J connectivity index is 1.30. The number of para-hydroxylation sites is 1. The van der Waals surface area contributed by atoms with Crippen LogP contribution in [0.4, 0.5) is 10.1 Å². The zero-order valence-corrected chi connectivity index (χ0v) is 20.1. The van der Waals surface area contributed by atoms with Gasteiger partial charge in [-0.1, -0.05) is 18.6 Å². The van der Waals surface area contributed by atoms with Crippen molar-refractivity contribution in [2.75, 3.05) is 44.7 Å². The molecule has 0 aromatic heterocycles. The summed E-state index contributed by atoms with van der Waals surface area (Å²) in [6, 6.07) is 14.0. The summed E-state index contributed by atoms with van der Waals surface area (Å²) in [7, 11) is 1.60. The molecule has 0 unspecified atom stereocenters. The van der Waals surface area contributed by atoms with Gasteiger partial charge in [-0.2, -0.15) is 0 Å². The molecule has 8 heteroatoms. The van der Waals surface area contributed by atoms with Gasteiger partial charge in [-0.3, -0.25) is 14.6 Å². The van der Waals surface area contributed by atoms with Gasteiger partial charge in [0.25, 0.3) is 5.91 Å². The Labute approximate surface area is 205 Å². The summed E-state index contributed by atoms with van der Waals surface area (Å²) < 4.78 is 19.4. The molecule has 0 radical (unpaired) electrons. The Kier molecular flexibility index (Phi) is 6.45. The number of hydrogen-bond donors (Lipinski definition) is 0. The van der Waals surface area contributed by atoms with Crippen molar-refractivity contribution in [3.8, 4) is 5.75 Å². The summed E-state index contributed by atoms with van der Waals surface area (Å²) in [4.78, 5) is 37.3. The van der Waals surface area contributed by atoms with Crippen molar-refractivity contribution >= 4 is 23.2 Å². The van der Waals surface area contributed by atoms with Gasteiger partial charge >= 0.3 is 0 Å². The molecule has 1 spiro atoms. The van der Waals surface area contributed by atoms with E-state index in [9.17, 15) is 14.0 Å². The molecule has 2 amide bonds. The third-order valence-electron chi connectivity index (χ3n) is 7.41. The van der Waals surface area contributed by atoms with Crippen molar-refractivity contribution in [1.82, 2.24) is 9.80 Å². The third kappa shape index (κ3) is 4.49. The second kappa shape index (κ2) is 9.68. The lowest BCUT2D eigenvalue weighted by molar-refractivity contribution is -0.141. The fourth-order valence-corrected chi connectivity index (χ4v) is 5.43. The number of methoxy groups -OCH3 is 1. The summed E-state index contributed by atoms with van der Waals surface area (Å²) >= 11 is 0. The van der Waals surface area contributed by atoms with Crippen molar-refractivity contribution in [3.05, 3.63) is 59.9 Å². The first-order valence-corrected chi connectivity index (χ1v) is 12.3. The fraction of sp³-hybridized carbons (Fsp3) is 0.444. The number of ether oxygens (including phenoxy) is 1. The lowest BCUT2D eigenvalue weighted by Gasteiger charge is -2.41. The number of carbonyl (C=O) groups is 2. The SMILES string of the molecule is COc1ccc(C2=NC3(CCCCC3)N(CC(=O)N3CCN(c4ccccc4F)CC3)C2=O)cc1. The maximum absolute atomic E-state index is 14.2. The highest BCUT2D eigenvalue weighted by atomic mass is 19.1. The van der Waals surface area contributed by atoms with Crippen LogP contribution in [0.2, 0.25) is 0 Å². The molecule has 2 aromatic carbocycles. The first-order valence-electron chi connectivity index (χ1n) is 12.3. The number of carbonyl (C=O) groups excluding carboxylic acids is 2. The number of anilines is 1. The van der Waals surface area contributed by atoms with Crippen molar-refractivity contribution in [2.24, 2.45) is 4.99 Å². The van der Waals surface area contributed by atoms with Crippen LogP contribution in [0.1, 0.15) is 37.7 Å². The molecule has 184 valence electrons. The zero-order valence-electron chi connectivity index (χ0n) is 20.1. The normalized spacial score (nSPS) is 19.8. The minimum atomic E-state index is -0.644. The maximum atomic E-state index is 14.2. The molecule has 0 atom stereocenters. The molecule has 7 nitrogen and oxygen atoms in total. The first kappa shape index (κ1) is 23.3. The van der Waals surface area contributed by atoms with Crippen LogP contribution in [0.5, 0.6) is 5.75 Å². The highest BCUT2D eigenvalue weighted by Crippen LogP contribution is 2.39. The summed E-state index contributed by atoms with van der Waals surface area (Å²) in [6.45, 7) is 2.11. The molecule has 2 aliphatic heterocycles. The van der Waals surface area contributed by atoms with E-state index in [0.29, 0.717) is 43.3 Å². The Bertz CT molecular complexity index is 1120. The summed E-state index contributed by atoms with van der Waals surface area (Å²) in [5, 5.41) is 0. The Morgan fingerprint density at radius 2 is 1.69 bits per heavy atom. The number of piperazine rings is 1. The molecule has 0 bridgehead atoms. The lowest BCUT2D eigenvalue weighted by atomic mass is 9.88. The number of hydrogen-bond acceptors (Lipinski definition) is 5. The minimum Gasteiger partial charge on any atom is -0.497 e. The molecular weight excluding hydrogens is 447 g/mol. The van der Waals surface area contributed by atoms with Gasteiger partial charge in [0, 0.05) is 31.7 Å². The molecule has 3 aliphatic rings. The second-order valence-electron chi connectivity index (χ2n) is 9.44. The van der Waals surface area contributed by atoms with E-state index >= 15 is 0 Å². The fourth-order valence-electron chi connectivity index (χ4n) is 5.43. The highest BCUT2D eigenvalue weighted by molar-refractivity contribution is 6.47. The summed E-state index contributed by atoms with van der Waals surface area (Å²) in [6.07, 6.45) is 4.62. The average molecular weight is 479 g/mol. The van der Waals surface area contributed by atoms with Crippen molar-refractivity contribution in [1.29, 1.82) is 0 Å². The standard InChI is InChI=1S/C27H31FN4O3/c1-35-21-11-9-20(10-12-21)25-26(34)32(27(29-25)13-5-2-6-14-27)19-24(33)31-17-15-30(16-18-31)23-8-4-3-7-22(23)28/h3-4,7-12H,2,5-6,13-19H2,1H3. The van der Waals surface area contributed by atoms with Crippen LogP contribution >= 0.6 is 0 Å². The van der Waals surface area contributed by atoms with E-state index in [-0.39, 0.29) is 24.2 Å². The van der Waals surface area contributed by atoms with Crippen LogP contribution in [0.3, 0.4) is 0 Å². The van der Waals surface area contributed by atoms with Crippen molar-refractivity contribution in [2.45, 2.75) is 37.8 Å². The van der Waals surface area contributed by atoms with E-state index in [1.807, 2.05) is 35.2 Å². The van der Waals surface area contributed by atoms with Gasteiger partial charge in [0.1, 0.15) is 29.5 Å². The molecule has 2 heterocycles. The van der Waals surface area contributed by atoms with Crippen LogP contribution in [-0.2, 0) is 9.59 Å². The molecule has 2 aromatic rings. The Hall–Kier alpha value is -3.42. The molecule has 1 aliphatic carbocycles. The lowest BCUT2D eigenvalue weighted by Crippen LogP contribution is -2.55. The average Bonchev–Trinajstić information content (AvgIpc) is 3.15. The number of aliphatic imine (C=N–C) groups is 1.